The Balaban J connectivity index is 1.56. The van der Waals surface area contributed by atoms with E-state index < -0.39 is 0 Å². The summed E-state index contributed by atoms with van der Waals surface area (Å²) in [6.07, 6.45) is 1.95. The van der Waals surface area contributed by atoms with Gasteiger partial charge < -0.3 is 10.1 Å². The highest BCUT2D eigenvalue weighted by Crippen LogP contribution is 2.42. The summed E-state index contributed by atoms with van der Waals surface area (Å²) in [7, 11) is 0. The Labute approximate surface area is 163 Å². The number of benzene rings is 2. The number of carbonyl (C=O) groups is 2. The van der Waals surface area contributed by atoms with Gasteiger partial charge in [-0.2, -0.15) is 0 Å². The van der Waals surface area contributed by atoms with Gasteiger partial charge in [0.25, 0.3) is 0 Å². The first kappa shape index (κ1) is 17.9. The van der Waals surface area contributed by atoms with Crippen LogP contribution in [0.15, 0.2) is 48.5 Å². The molecule has 2 aliphatic rings. The molecule has 1 saturated heterocycles. The van der Waals surface area contributed by atoms with Crippen LogP contribution in [0.1, 0.15) is 30.7 Å². The number of ether oxygens (including phenoxy) is 1. The van der Waals surface area contributed by atoms with Gasteiger partial charge in [-0.05, 0) is 61.7 Å². The van der Waals surface area contributed by atoms with Gasteiger partial charge in [-0.25, -0.2) is 0 Å². The first-order valence-corrected chi connectivity index (χ1v) is 10.3. The second-order valence-electron chi connectivity index (χ2n) is 6.74. The van der Waals surface area contributed by atoms with Crippen molar-refractivity contribution in [2.24, 2.45) is 5.92 Å². The topological polar surface area (TPSA) is 58.6 Å². The fraction of sp³-hybridized carbons (Fsp3) is 0.333. The van der Waals surface area contributed by atoms with E-state index in [9.17, 15) is 9.59 Å². The van der Waals surface area contributed by atoms with Crippen LogP contribution in [0.25, 0.3) is 0 Å². The van der Waals surface area contributed by atoms with E-state index in [1.807, 2.05) is 60.4 Å². The molecule has 2 fully saturated rings. The van der Waals surface area contributed by atoms with E-state index in [4.69, 9.17) is 4.74 Å². The number of carbonyl (C=O) groups excluding carboxylic acids is 2. The van der Waals surface area contributed by atoms with Crippen LogP contribution in [0, 0.1) is 5.92 Å². The highest BCUT2D eigenvalue weighted by molar-refractivity contribution is 8.00. The molecule has 1 atom stereocenters. The number of nitrogens with one attached hydrogen (secondary N) is 1. The van der Waals surface area contributed by atoms with Crippen LogP contribution in [-0.4, -0.2) is 24.2 Å². The quantitative estimate of drug-likeness (QED) is 0.813. The molecule has 0 radical (unpaired) electrons. The Kier molecular flexibility index (Phi) is 5.07. The molecule has 0 unspecified atom stereocenters. The highest BCUT2D eigenvalue weighted by atomic mass is 32.2. The molecular weight excluding hydrogens is 360 g/mol. The van der Waals surface area contributed by atoms with Crippen molar-refractivity contribution in [3.63, 3.8) is 0 Å². The monoisotopic (exact) mass is 382 g/mol. The van der Waals surface area contributed by atoms with Crippen LogP contribution < -0.4 is 15.0 Å². The van der Waals surface area contributed by atoms with Crippen molar-refractivity contribution in [1.29, 1.82) is 0 Å². The molecule has 1 saturated carbocycles. The van der Waals surface area contributed by atoms with Gasteiger partial charge >= 0.3 is 0 Å². The SMILES string of the molecule is CCOc1ccc(N2C(=O)CS[C@@H]2c2cccc(NC(=O)C3CC3)c2)cc1. The summed E-state index contributed by atoms with van der Waals surface area (Å²) in [5.74, 6) is 1.57. The molecule has 1 N–H and O–H groups in total. The van der Waals surface area contributed by atoms with Crippen LogP contribution in [0.2, 0.25) is 0 Å². The number of hydrogen-bond donors (Lipinski definition) is 1. The predicted octanol–water partition coefficient (Wildman–Crippen LogP) is 4.21. The van der Waals surface area contributed by atoms with Crippen molar-refractivity contribution in [3.05, 3.63) is 54.1 Å². The minimum Gasteiger partial charge on any atom is -0.494 e. The third-order valence-corrected chi connectivity index (χ3v) is 5.89. The smallest absolute Gasteiger partial charge is 0.238 e. The minimum absolute atomic E-state index is 0.0848. The minimum atomic E-state index is -0.103. The van der Waals surface area contributed by atoms with E-state index in [1.54, 1.807) is 11.8 Å². The molecule has 1 heterocycles. The van der Waals surface area contributed by atoms with Gasteiger partial charge in [-0.15, -0.1) is 11.8 Å². The lowest BCUT2D eigenvalue weighted by Crippen LogP contribution is -2.27. The second-order valence-corrected chi connectivity index (χ2v) is 7.81. The van der Waals surface area contributed by atoms with Crippen molar-refractivity contribution < 1.29 is 14.3 Å². The molecule has 0 bridgehead atoms. The summed E-state index contributed by atoms with van der Waals surface area (Å²) in [5.41, 5.74) is 2.65. The van der Waals surface area contributed by atoms with E-state index in [0.717, 1.165) is 35.5 Å². The molecule has 1 aliphatic heterocycles. The maximum Gasteiger partial charge on any atom is 0.238 e. The first-order valence-electron chi connectivity index (χ1n) is 9.23. The van der Waals surface area contributed by atoms with Crippen molar-refractivity contribution in [2.75, 3.05) is 22.6 Å². The number of rotatable bonds is 6. The van der Waals surface area contributed by atoms with Crippen LogP contribution in [-0.2, 0) is 9.59 Å². The van der Waals surface area contributed by atoms with Gasteiger partial charge in [0.2, 0.25) is 11.8 Å². The zero-order chi connectivity index (χ0) is 18.8. The molecule has 2 amide bonds. The molecule has 140 valence electrons. The van der Waals surface area contributed by atoms with Crippen molar-refractivity contribution in [2.45, 2.75) is 25.1 Å². The van der Waals surface area contributed by atoms with Crippen molar-refractivity contribution in [3.8, 4) is 5.75 Å². The molecule has 0 spiro atoms. The normalized spacial score (nSPS) is 19.2. The van der Waals surface area contributed by atoms with Gasteiger partial charge in [0.15, 0.2) is 0 Å². The fourth-order valence-electron chi connectivity index (χ4n) is 3.18. The standard InChI is InChI=1S/C21H22N2O3S/c1-2-26-18-10-8-17(9-11-18)23-19(24)13-27-21(23)15-4-3-5-16(12-15)22-20(25)14-6-7-14/h3-5,8-12,14,21H,2,6-7,13H2,1H3,(H,22,25)/t21-/m1/s1. The van der Waals surface area contributed by atoms with E-state index >= 15 is 0 Å². The lowest BCUT2D eigenvalue weighted by molar-refractivity contribution is -0.117. The van der Waals surface area contributed by atoms with Crippen molar-refractivity contribution in [1.82, 2.24) is 0 Å². The summed E-state index contributed by atoms with van der Waals surface area (Å²) in [6.45, 7) is 2.55. The van der Waals surface area contributed by atoms with Gasteiger partial charge in [0.1, 0.15) is 11.1 Å². The molecular formula is C21H22N2O3S. The summed E-state index contributed by atoms with van der Waals surface area (Å²) in [5, 5.41) is 2.88. The predicted molar refractivity (Wildman–Crippen MR) is 108 cm³/mol. The second kappa shape index (κ2) is 7.64. The van der Waals surface area contributed by atoms with Gasteiger partial charge in [-0.1, -0.05) is 12.1 Å². The van der Waals surface area contributed by atoms with Crippen LogP contribution in [0.5, 0.6) is 5.75 Å². The highest BCUT2D eigenvalue weighted by Gasteiger charge is 2.34. The number of anilines is 2. The largest absolute Gasteiger partial charge is 0.494 e. The molecule has 5 nitrogen and oxygen atoms in total. The van der Waals surface area contributed by atoms with E-state index in [0.29, 0.717) is 12.4 Å². The maximum absolute atomic E-state index is 12.5. The molecule has 0 aromatic heterocycles. The Bertz CT molecular complexity index is 849. The summed E-state index contributed by atoms with van der Waals surface area (Å²) < 4.78 is 5.49. The third kappa shape index (κ3) is 3.95. The third-order valence-electron chi connectivity index (χ3n) is 4.68. The number of amides is 2. The molecule has 1 aliphatic carbocycles. The average molecular weight is 382 g/mol. The van der Waals surface area contributed by atoms with E-state index in [2.05, 4.69) is 5.32 Å². The molecule has 4 rings (SSSR count). The Morgan fingerprint density at radius 3 is 2.70 bits per heavy atom. The number of thioether (sulfide) groups is 1. The molecule has 2 aromatic rings. The summed E-state index contributed by atoms with van der Waals surface area (Å²) >= 11 is 1.60. The van der Waals surface area contributed by atoms with Gasteiger partial charge in [0.05, 0.1) is 12.4 Å². The Morgan fingerprint density at radius 1 is 1.22 bits per heavy atom. The van der Waals surface area contributed by atoms with Crippen LogP contribution in [0.3, 0.4) is 0 Å². The Hall–Kier alpha value is -2.47. The average Bonchev–Trinajstić information content (AvgIpc) is 3.46. The van der Waals surface area contributed by atoms with Gasteiger partial charge in [0, 0.05) is 17.3 Å². The zero-order valence-corrected chi connectivity index (χ0v) is 16.0. The number of hydrogen-bond acceptors (Lipinski definition) is 4. The van der Waals surface area contributed by atoms with Crippen LogP contribution in [0.4, 0.5) is 11.4 Å². The lowest BCUT2D eigenvalue weighted by Gasteiger charge is -2.25. The molecule has 2 aromatic carbocycles. The summed E-state index contributed by atoms with van der Waals surface area (Å²) in [4.78, 5) is 26.4. The van der Waals surface area contributed by atoms with Crippen LogP contribution >= 0.6 is 11.8 Å². The van der Waals surface area contributed by atoms with Gasteiger partial charge in [-0.3, -0.25) is 14.5 Å². The molecule has 27 heavy (non-hydrogen) atoms. The lowest BCUT2D eigenvalue weighted by atomic mass is 10.1. The first-order chi connectivity index (χ1) is 13.2. The zero-order valence-electron chi connectivity index (χ0n) is 15.2. The summed E-state index contributed by atoms with van der Waals surface area (Å²) in [6, 6.07) is 15.4. The van der Waals surface area contributed by atoms with Crippen molar-refractivity contribution >= 4 is 35.0 Å². The maximum atomic E-state index is 12.5. The molecule has 6 heteroatoms. The van der Waals surface area contributed by atoms with E-state index in [1.165, 1.54) is 0 Å². The van der Waals surface area contributed by atoms with E-state index in [-0.39, 0.29) is 23.1 Å². The fourth-order valence-corrected chi connectivity index (χ4v) is 4.35. The Morgan fingerprint density at radius 2 is 2.00 bits per heavy atom. The number of nitrogens with zero attached hydrogens (tertiary/aromatic N) is 1.